The second-order valence-corrected chi connectivity index (χ2v) is 7.08. The smallest absolute Gasteiger partial charge is 0.356 e. The number of fused-ring (bicyclic) bond motifs is 1. The van der Waals surface area contributed by atoms with Gasteiger partial charge in [0, 0.05) is 42.4 Å². The number of rotatable bonds is 6. The van der Waals surface area contributed by atoms with Crippen molar-refractivity contribution in [3.05, 3.63) is 34.5 Å². The second kappa shape index (κ2) is 7.00. The maximum atomic E-state index is 11.5. The molecule has 0 bridgehead atoms. The summed E-state index contributed by atoms with van der Waals surface area (Å²) in [4.78, 5) is 13.8. The number of hydrogen-bond acceptors (Lipinski definition) is 5. The standard InChI is InChI=1S/C18H26N4O3/c1-5-22-15-7-6-13(9-14(15)17(19-22)18(23)24)21(4)10-12-8-16(11(2)3)25-20-12/h8,11,13H,5-7,9-10H2,1-4H3,(H,23,24)/t13-/m0/s1. The van der Waals surface area contributed by atoms with E-state index >= 15 is 0 Å². The van der Waals surface area contributed by atoms with Crippen molar-refractivity contribution in [2.24, 2.45) is 0 Å². The van der Waals surface area contributed by atoms with Gasteiger partial charge in [-0.1, -0.05) is 19.0 Å². The molecule has 0 spiro atoms. The average Bonchev–Trinajstić information content (AvgIpc) is 3.18. The van der Waals surface area contributed by atoms with Crippen LogP contribution in [0.3, 0.4) is 0 Å². The summed E-state index contributed by atoms with van der Waals surface area (Å²) in [5, 5.41) is 17.9. The number of hydrogen-bond donors (Lipinski definition) is 1. The largest absolute Gasteiger partial charge is 0.476 e. The van der Waals surface area contributed by atoms with Crippen molar-refractivity contribution in [3.63, 3.8) is 0 Å². The van der Waals surface area contributed by atoms with Crippen molar-refractivity contribution in [1.82, 2.24) is 19.8 Å². The van der Waals surface area contributed by atoms with E-state index in [9.17, 15) is 9.90 Å². The zero-order chi connectivity index (χ0) is 18.1. The van der Waals surface area contributed by atoms with E-state index in [1.807, 2.05) is 17.7 Å². The summed E-state index contributed by atoms with van der Waals surface area (Å²) in [6.45, 7) is 7.55. The normalized spacial score (nSPS) is 17.3. The number of carboxylic acids is 1. The van der Waals surface area contributed by atoms with Crippen LogP contribution in [-0.2, 0) is 25.9 Å². The predicted octanol–water partition coefficient (Wildman–Crippen LogP) is 2.70. The molecule has 2 heterocycles. The molecule has 7 heteroatoms. The maximum Gasteiger partial charge on any atom is 0.356 e. The summed E-state index contributed by atoms with van der Waals surface area (Å²) < 4.78 is 7.21. The first-order valence-corrected chi connectivity index (χ1v) is 8.88. The molecule has 1 aliphatic rings. The average molecular weight is 346 g/mol. The van der Waals surface area contributed by atoms with Gasteiger partial charge in [0.2, 0.25) is 0 Å². The summed E-state index contributed by atoms with van der Waals surface area (Å²) in [6.07, 6.45) is 2.56. The number of carbonyl (C=O) groups is 1. The van der Waals surface area contributed by atoms with Gasteiger partial charge in [-0.15, -0.1) is 0 Å². The molecule has 2 aromatic rings. The third kappa shape index (κ3) is 3.46. The molecule has 1 atom stereocenters. The molecule has 0 amide bonds. The molecule has 0 radical (unpaired) electrons. The number of carboxylic acid groups (broad SMARTS) is 1. The minimum Gasteiger partial charge on any atom is -0.476 e. The van der Waals surface area contributed by atoms with Crippen LogP contribution in [0.25, 0.3) is 0 Å². The quantitative estimate of drug-likeness (QED) is 0.866. The van der Waals surface area contributed by atoms with Gasteiger partial charge < -0.3 is 9.63 Å². The molecule has 0 aromatic carbocycles. The molecule has 7 nitrogen and oxygen atoms in total. The van der Waals surface area contributed by atoms with Gasteiger partial charge in [-0.3, -0.25) is 9.58 Å². The van der Waals surface area contributed by atoms with Gasteiger partial charge in [0.25, 0.3) is 0 Å². The Morgan fingerprint density at radius 3 is 2.88 bits per heavy atom. The lowest BCUT2D eigenvalue weighted by molar-refractivity contribution is 0.0687. The highest BCUT2D eigenvalue weighted by molar-refractivity contribution is 5.87. The van der Waals surface area contributed by atoms with E-state index in [-0.39, 0.29) is 11.7 Å². The topological polar surface area (TPSA) is 84.4 Å². The zero-order valence-electron chi connectivity index (χ0n) is 15.3. The zero-order valence-corrected chi connectivity index (χ0v) is 15.3. The van der Waals surface area contributed by atoms with Crippen LogP contribution < -0.4 is 0 Å². The Kier molecular flexibility index (Phi) is 4.94. The molecule has 25 heavy (non-hydrogen) atoms. The van der Waals surface area contributed by atoms with Crippen molar-refractivity contribution < 1.29 is 14.4 Å². The van der Waals surface area contributed by atoms with Gasteiger partial charge in [-0.05, 0) is 33.2 Å². The fraction of sp³-hybridized carbons (Fsp3) is 0.611. The SMILES string of the molecule is CCn1nc(C(=O)O)c2c1CC[C@H](N(C)Cc1cc(C(C)C)on1)C2. The highest BCUT2D eigenvalue weighted by Crippen LogP contribution is 2.28. The Morgan fingerprint density at radius 1 is 1.52 bits per heavy atom. The lowest BCUT2D eigenvalue weighted by atomic mass is 9.90. The van der Waals surface area contributed by atoms with Gasteiger partial charge in [-0.2, -0.15) is 5.10 Å². The number of aryl methyl sites for hydroxylation is 1. The second-order valence-electron chi connectivity index (χ2n) is 7.08. The van der Waals surface area contributed by atoms with Crippen molar-refractivity contribution in [2.75, 3.05) is 7.05 Å². The van der Waals surface area contributed by atoms with Crippen LogP contribution in [0.4, 0.5) is 0 Å². The monoisotopic (exact) mass is 346 g/mol. The molecule has 136 valence electrons. The minimum atomic E-state index is -0.940. The molecule has 2 aromatic heterocycles. The predicted molar refractivity (Wildman–Crippen MR) is 92.7 cm³/mol. The van der Waals surface area contributed by atoms with Crippen LogP contribution in [0.1, 0.15) is 66.3 Å². The molecule has 0 saturated carbocycles. The maximum absolute atomic E-state index is 11.5. The number of aromatic carboxylic acids is 1. The lowest BCUT2D eigenvalue weighted by Gasteiger charge is -2.31. The van der Waals surface area contributed by atoms with Crippen molar-refractivity contribution >= 4 is 5.97 Å². The van der Waals surface area contributed by atoms with E-state index in [2.05, 4.69) is 36.1 Å². The first-order chi connectivity index (χ1) is 11.9. The number of nitrogens with zero attached hydrogens (tertiary/aromatic N) is 4. The highest BCUT2D eigenvalue weighted by atomic mass is 16.5. The number of likely N-dealkylation sites (N-methyl/N-ethyl adjacent to an activating group) is 1. The fourth-order valence-electron chi connectivity index (χ4n) is 3.54. The van der Waals surface area contributed by atoms with Crippen LogP contribution in [0.15, 0.2) is 10.6 Å². The van der Waals surface area contributed by atoms with Gasteiger partial charge >= 0.3 is 5.97 Å². The van der Waals surface area contributed by atoms with E-state index in [4.69, 9.17) is 4.52 Å². The van der Waals surface area contributed by atoms with Crippen molar-refractivity contribution in [3.8, 4) is 0 Å². The number of aromatic nitrogens is 3. The van der Waals surface area contributed by atoms with Gasteiger partial charge in [0.05, 0.1) is 5.69 Å². The van der Waals surface area contributed by atoms with Crippen LogP contribution in [0.5, 0.6) is 0 Å². The first kappa shape index (κ1) is 17.7. The Morgan fingerprint density at radius 2 is 2.28 bits per heavy atom. The summed E-state index contributed by atoms with van der Waals surface area (Å²) in [6, 6.07) is 2.28. The first-order valence-electron chi connectivity index (χ1n) is 8.88. The Bertz CT molecular complexity index is 762. The summed E-state index contributed by atoms with van der Waals surface area (Å²) in [5.74, 6) is 0.276. The fourth-order valence-corrected chi connectivity index (χ4v) is 3.54. The summed E-state index contributed by atoms with van der Waals surface area (Å²) in [5.41, 5.74) is 3.09. The van der Waals surface area contributed by atoms with Gasteiger partial charge in [0.15, 0.2) is 5.69 Å². The molecule has 1 N–H and O–H groups in total. The van der Waals surface area contributed by atoms with Gasteiger partial charge in [0.1, 0.15) is 5.76 Å². The van der Waals surface area contributed by atoms with E-state index in [1.165, 1.54) is 0 Å². The Balaban J connectivity index is 1.75. The Hall–Kier alpha value is -2.15. The minimum absolute atomic E-state index is 0.207. The van der Waals surface area contributed by atoms with E-state index in [1.54, 1.807) is 0 Å². The van der Waals surface area contributed by atoms with E-state index in [0.717, 1.165) is 35.6 Å². The molecule has 0 saturated heterocycles. The van der Waals surface area contributed by atoms with Crippen molar-refractivity contribution in [1.29, 1.82) is 0 Å². The third-order valence-electron chi connectivity index (χ3n) is 5.00. The highest BCUT2D eigenvalue weighted by Gasteiger charge is 2.30. The lowest BCUT2D eigenvalue weighted by Crippen LogP contribution is -2.36. The summed E-state index contributed by atoms with van der Waals surface area (Å²) in [7, 11) is 2.06. The molecule has 1 aliphatic carbocycles. The third-order valence-corrected chi connectivity index (χ3v) is 5.00. The van der Waals surface area contributed by atoms with Gasteiger partial charge in [-0.25, -0.2) is 4.79 Å². The molecule has 0 fully saturated rings. The summed E-state index contributed by atoms with van der Waals surface area (Å²) >= 11 is 0. The van der Waals surface area contributed by atoms with Crippen LogP contribution in [0.2, 0.25) is 0 Å². The molecule has 0 aliphatic heterocycles. The van der Waals surface area contributed by atoms with Crippen LogP contribution >= 0.6 is 0 Å². The molecular formula is C18H26N4O3. The van der Waals surface area contributed by atoms with E-state index in [0.29, 0.717) is 25.4 Å². The van der Waals surface area contributed by atoms with Crippen LogP contribution in [-0.4, -0.2) is 44.0 Å². The molecule has 0 unspecified atom stereocenters. The molecular weight excluding hydrogens is 320 g/mol. The Labute approximate surface area is 147 Å². The van der Waals surface area contributed by atoms with Crippen LogP contribution in [0, 0.1) is 0 Å². The van der Waals surface area contributed by atoms with Crippen molar-refractivity contribution in [2.45, 2.75) is 65.1 Å². The molecule has 3 rings (SSSR count). The van der Waals surface area contributed by atoms with E-state index < -0.39 is 5.97 Å².